The van der Waals surface area contributed by atoms with Crippen molar-refractivity contribution in [2.75, 3.05) is 7.11 Å². The Balaban J connectivity index is 3.15. The van der Waals surface area contributed by atoms with Crippen LogP contribution in [0.1, 0.15) is 11.6 Å². The van der Waals surface area contributed by atoms with E-state index in [0.717, 1.165) is 12.1 Å². The van der Waals surface area contributed by atoms with Gasteiger partial charge in [0.05, 0.1) is 7.11 Å². The van der Waals surface area contributed by atoms with Crippen LogP contribution in [-0.4, -0.2) is 19.2 Å². The molecule has 0 saturated heterocycles. The van der Waals surface area contributed by atoms with Crippen LogP contribution in [0, 0.1) is 5.82 Å². The lowest BCUT2D eigenvalue weighted by atomic mass is 10.0. The fourth-order valence-corrected chi connectivity index (χ4v) is 1.26. The standard InChI is InChI=1S/C10H9F6NO/c1-18-5-2-3-6(7(11)4-5)8(17)9(12,13)10(14,15)16/h2-4,8H,17H2,1H3. The molecule has 0 amide bonds. The van der Waals surface area contributed by atoms with Crippen LogP contribution in [0.3, 0.4) is 0 Å². The van der Waals surface area contributed by atoms with Gasteiger partial charge >= 0.3 is 12.1 Å². The van der Waals surface area contributed by atoms with Crippen molar-refractivity contribution in [1.82, 2.24) is 0 Å². The Labute approximate surface area is 98.3 Å². The van der Waals surface area contributed by atoms with Crippen LogP contribution in [0.25, 0.3) is 0 Å². The number of methoxy groups -OCH3 is 1. The lowest BCUT2D eigenvalue weighted by molar-refractivity contribution is -0.291. The molecule has 2 nitrogen and oxygen atoms in total. The maximum atomic E-state index is 13.3. The first-order chi connectivity index (χ1) is 8.11. The predicted octanol–water partition coefficient (Wildman–Crippen LogP) is 3.03. The number of halogens is 6. The molecule has 2 N–H and O–H groups in total. The van der Waals surface area contributed by atoms with E-state index in [-0.39, 0.29) is 5.75 Å². The van der Waals surface area contributed by atoms with Gasteiger partial charge in [-0.15, -0.1) is 0 Å². The summed E-state index contributed by atoms with van der Waals surface area (Å²) in [5.41, 5.74) is 3.87. The number of alkyl halides is 5. The number of ether oxygens (including phenoxy) is 1. The molecule has 1 aromatic carbocycles. The van der Waals surface area contributed by atoms with Crippen LogP contribution in [-0.2, 0) is 0 Å². The molecule has 0 aliphatic rings. The van der Waals surface area contributed by atoms with Gasteiger partial charge in [-0.3, -0.25) is 0 Å². The molecule has 0 aliphatic heterocycles. The lowest BCUT2D eigenvalue weighted by Gasteiger charge is -2.26. The summed E-state index contributed by atoms with van der Waals surface area (Å²) in [6.07, 6.45) is -5.85. The van der Waals surface area contributed by atoms with E-state index in [9.17, 15) is 26.3 Å². The first-order valence-electron chi connectivity index (χ1n) is 4.64. The summed E-state index contributed by atoms with van der Waals surface area (Å²) in [6.45, 7) is 0. The largest absolute Gasteiger partial charge is 0.497 e. The second-order valence-corrected chi connectivity index (χ2v) is 3.49. The molecule has 102 valence electrons. The Morgan fingerprint density at radius 1 is 1.17 bits per heavy atom. The quantitative estimate of drug-likeness (QED) is 0.859. The number of hydrogen-bond acceptors (Lipinski definition) is 2. The van der Waals surface area contributed by atoms with Crippen molar-refractivity contribution >= 4 is 0 Å². The SMILES string of the molecule is COc1ccc(C(N)C(F)(F)C(F)(F)F)c(F)c1. The van der Waals surface area contributed by atoms with Gasteiger partial charge in [-0.25, -0.2) is 4.39 Å². The Morgan fingerprint density at radius 3 is 2.11 bits per heavy atom. The highest BCUT2D eigenvalue weighted by atomic mass is 19.4. The highest BCUT2D eigenvalue weighted by Gasteiger charge is 2.62. The highest BCUT2D eigenvalue weighted by Crippen LogP contribution is 2.43. The highest BCUT2D eigenvalue weighted by molar-refractivity contribution is 5.32. The third-order valence-electron chi connectivity index (χ3n) is 2.31. The minimum Gasteiger partial charge on any atom is -0.497 e. The molecule has 8 heteroatoms. The molecular weight excluding hydrogens is 264 g/mol. The molecule has 0 spiro atoms. The summed E-state index contributed by atoms with van der Waals surface area (Å²) in [4.78, 5) is 0. The van der Waals surface area contributed by atoms with Gasteiger partial charge in [0.15, 0.2) is 0 Å². The molecule has 0 aromatic heterocycles. The zero-order chi connectivity index (χ0) is 14.1. The van der Waals surface area contributed by atoms with Gasteiger partial charge < -0.3 is 10.5 Å². The van der Waals surface area contributed by atoms with Crippen molar-refractivity contribution in [1.29, 1.82) is 0 Å². The average Bonchev–Trinajstić information content (AvgIpc) is 2.26. The van der Waals surface area contributed by atoms with E-state index < -0.39 is 29.5 Å². The Hall–Kier alpha value is -1.44. The monoisotopic (exact) mass is 273 g/mol. The van der Waals surface area contributed by atoms with Crippen molar-refractivity contribution in [3.05, 3.63) is 29.6 Å². The van der Waals surface area contributed by atoms with Gasteiger partial charge in [0, 0.05) is 11.6 Å². The van der Waals surface area contributed by atoms with Crippen molar-refractivity contribution in [3.8, 4) is 5.75 Å². The van der Waals surface area contributed by atoms with E-state index in [4.69, 9.17) is 5.73 Å². The van der Waals surface area contributed by atoms with Crippen LogP contribution in [0.5, 0.6) is 5.75 Å². The fraction of sp³-hybridized carbons (Fsp3) is 0.400. The van der Waals surface area contributed by atoms with Crippen molar-refractivity contribution < 1.29 is 31.1 Å². The van der Waals surface area contributed by atoms with Crippen molar-refractivity contribution in [2.45, 2.75) is 18.1 Å². The second-order valence-electron chi connectivity index (χ2n) is 3.49. The molecule has 0 aliphatic carbocycles. The van der Waals surface area contributed by atoms with Crippen molar-refractivity contribution in [2.24, 2.45) is 5.73 Å². The fourth-order valence-electron chi connectivity index (χ4n) is 1.26. The summed E-state index contributed by atoms with van der Waals surface area (Å²) in [5, 5.41) is 0. The van der Waals surface area contributed by atoms with Gasteiger partial charge in [0.1, 0.15) is 17.6 Å². The van der Waals surface area contributed by atoms with E-state index in [0.29, 0.717) is 6.07 Å². The number of benzene rings is 1. The lowest BCUT2D eigenvalue weighted by Crippen LogP contribution is -2.46. The third-order valence-corrected chi connectivity index (χ3v) is 2.31. The van der Waals surface area contributed by atoms with Crippen LogP contribution in [0.2, 0.25) is 0 Å². The molecule has 0 fully saturated rings. The average molecular weight is 273 g/mol. The predicted molar refractivity (Wildman–Crippen MR) is 50.9 cm³/mol. The molecule has 1 aromatic rings. The second kappa shape index (κ2) is 4.68. The number of rotatable bonds is 3. The van der Waals surface area contributed by atoms with Gasteiger partial charge in [-0.05, 0) is 6.07 Å². The summed E-state index contributed by atoms with van der Waals surface area (Å²) < 4.78 is 80.0. The molecule has 0 bridgehead atoms. The molecule has 1 atom stereocenters. The number of hydrogen-bond donors (Lipinski definition) is 1. The first kappa shape index (κ1) is 14.6. The van der Waals surface area contributed by atoms with Crippen LogP contribution in [0.15, 0.2) is 18.2 Å². The van der Waals surface area contributed by atoms with E-state index in [2.05, 4.69) is 4.74 Å². The zero-order valence-corrected chi connectivity index (χ0v) is 9.06. The van der Waals surface area contributed by atoms with Crippen molar-refractivity contribution in [3.63, 3.8) is 0 Å². The summed E-state index contributed by atoms with van der Waals surface area (Å²) in [6, 6.07) is -0.353. The zero-order valence-electron chi connectivity index (χ0n) is 9.06. The molecule has 0 saturated carbocycles. The van der Waals surface area contributed by atoms with Crippen LogP contribution >= 0.6 is 0 Å². The molecular formula is C10H9F6NO. The van der Waals surface area contributed by atoms with Gasteiger partial charge in [0.25, 0.3) is 0 Å². The van der Waals surface area contributed by atoms with Gasteiger partial charge in [0.2, 0.25) is 0 Å². The van der Waals surface area contributed by atoms with E-state index in [1.54, 1.807) is 0 Å². The Kier molecular flexibility index (Phi) is 3.80. The topological polar surface area (TPSA) is 35.2 Å². The minimum absolute atomic E-state index is 0.0150. The van der Waals surface area contributed by atoms with E-state index in [1.165, 1.54) is 7.11 Å². The maximum Gasteiger partial charge on any atom is 0.455 e. The smallest absolute Gasteiger partial charge is 0.455 e. The van der Waals surface area contributed by atoms with Gasteiger partial charge in [-0.2, -0.15) is 22.0 Å². The molecule has 1 unspecified atom stereocenters. The van der Waals surface area contributed by atoms with Crippen LogP contribution < -0.4 is 10.5 Å². The third kappa shape index (κ3) is 2.53. The van der Waals surface area contributed by atoms with Crippen LogP contribution in [0.4, 0.5) is 26.3 Å². The molecule has 1 rings (SSSR count). The normalized spacial score (nSPS) is 14.4. The van der Waals surface area contributed by atoms with E-state index in [1.807, 2.05) is 0 Å². The van der Waals surface area contributed by atoms with Gasteiger partial charge in [-0.1, -0.05) is 6.07 Å². The van der Waals surface area contributed by atoms with E-state index >= 15 is 0 Å². The molecule has 18 heavy (non-hydrogen) atoms. The molecule has 0 radical (unpaired) electrons. The summed E-state index contributed by atoms with van der Waals surface area (Å²) in [5.74, 6) is -6.52. The number of nitrogens with two attached hydrogens (primary N) is 1. The Morgan fingerprint density at radius 2 is 1.72 bits per heavy atom. The Bertz CT molecular complexity index is 431. The summed E-state index contributed by atoms with van der Waals surface area (Å²) in [7, 11) is 1.19. The summed E-state index contributed by atoms with van der Waals surface area (Å²) >= 11 is 0. The molecule has 0 heterocycles. The minimum atomic E-state index is -5.85. The maximum absolute atomic E-state index is 13.3. The first-order valence-corrected chi connectivity index (χ1v) is 4.64.